The molecule has 20 heavy (non-hydrogen) atoms. The van der Waals surface area contributed by atoms with E-state index in [9.17, 15) is 4.79 Å². The van der Waals surface area contributed by atoms with Crippen LogP contribution in [0.25, 0.3) is 0 Å². The number of nitrogens with two attached hydrogens (primary N) is 1. The first-order valence-corrected chi connectivity index (χ1v) is 7.15. The molecule has 0 fully saturated rings. The Kier molecular flexibility index (Phi) is 5.01. The van der Waals surface area contributed by atoms with E-state index in [4.69, 9.17) is 10.5 Å². The minimum Gasteiger partial charge on any atom is -0.497 e. The molecule has 1 unspecified atom stereocenters. The Labute approximate surface area is 120 Å². The predicted octanol–water partition coefficient (Wildman–Crippen LogP) is 2.01. The average molecular weight is 277 g/mol. The molecular formula is C16H23NO3. The Morgan fingerprint density at radius 3 is 2.80 bits per heavy atom. The lowest BCUT2D eigenvalue weighted by Gasteiger charge is -2.11. The zero-order valence-electron chi connectivity index (χ0n) is 12.3. The number of esters is 1. The van der Waals surface area contributed by atoms with Crippen molar-refractivity contribution in [2.75, 3.05) is 14.2 Å². The van der Waals surface area contributed by atoms with Gasteiger partial charge in [0.1, 0.15) is 5.75 Å². The molecule has 0 bridgehead atoms. The fourth-order valence-electron chi connectivity index (χ4n) is 2.85. The lowest BCUT2D eigenvalue weighted by atomic mass is 9.98. The van der Waals surface area contributed by atoms with Gasteiger partial charge in [-0.05, 0) is 60.9 Å². The molecule has 0 saturated heterocycles. The molecule has 0 aliphatic heterocycles. The van der Waals surface area contributed by atoms with Gasteiger partial charge in [-0.1, -0.05) is 0 Å². The number of rotatable bonds is 6. The Hall–Kier alpha value is -1.55. The van der Waals surface area contributed by atoms with Gasteiger partial charge in [-0.2, -0.15) is 0 Å². The van der Waals surface area contributed by atoms with Crippen molar-refractivity contribution < 1.29 is 14.3 Å². The molecule has 110 valence electrons. The molecule has 0 amide bonds. The third-order valence-corrected chi connectivity index (χ3v) is 3.90. The van der Waals surface area contributed by atoms with Gasteiger partial charge in [0.2, 0.25) is 0 Å². The minimum atomic E-state index is -0.136. The van der Waals surface area contributed by atoms with Crippen molar-refractivity contribution >= 4 is 5.97 Å². The van der Waals surface area contributed by atoms with Crippen LogP contribution in [0.2, 0.25) is 0 Å². The maximum atomic E-state index is 11.1. The molecule has 0 saturated carbocycles. The monoisotopic (exact) mass is 277 g/mol. The van der Waals surface area contributed by atoms with E-state index < -0.39 is 0 Å². The fourth-order valence-corrected chi connectivity index (χ4v) is 2.85. The Bertz CT molecular complexity index is 485. The highest BCUT2D eigenvalue weighted by atomic mass is 16.5. The molecule has 1 aliphatic rings. The van der Waals surface area contributed by atoms with E-state index in [0.717, 1.165) is 37.9 Å². The van der Waals surface area contributed by atoms with E-state index in [0.29, 0.717) is 6.42 Å². The number of carbonyl (C=O) groups is 1. The minimum absolute atomic E-state index is 0.136. The summed E-state index contributed by atoms with van der Waals surface area (Å²) < 4.78 is 10.0. The van der Waals surface area contributed by atoms with Crippen molar-refractivity contribution in [3.8, 4) is 5.75 Å². The van der Waals surface area contributed by atoms with E-state index in [-0.39, 0.29) is 12.0 Å². The van der Waals surface area contributed by atoms with Gasteiger partial charge < -0.3 is 15.2 Å². The Morgan fingerprint density at radius 1 is 1.30 bits per heavy atom. The molecule has 1 aromatic carbocycles. The van der Waals surface area contributed by atoms with Crippen LogP contribution in [0.4, 0.5) is 0 Å². The van der Waals surface area contributed by atoms with Crippen LogP contribution in [0.5, 0.6) is 5.75 Å². The van der Waals surface area contributed by atoms with Gasteiger partial charge in [-0.3, -0.25) is 4.79 Å². The Morgan fingerprint density at radius 2 is 2.10 bits per heavy atom. The third-order valence-electron chi connectivity index (χ3n) is 3.90. The normalized spacial score (nSPS) is 16.9. The summed E-state index contributed by atoms with van der Waals surface area (Å²) in [5.74, 6) is 0.767. The van der Waals surface area contributed by atoms with Crippen LogP contribution >= 0.6 is 0 Å². The van der Waals surface area contributed by atoms with Gasteiger partial charge in [0, 0.05) is 12.5 Å². The topological polar surface area (TPSA) is 61.5 Å². The van der Waals surface area contributed by atoms with Crippen molar-refractivity contribution in [1.82, 2.24) is 0 Å². The summed E-state index contributed by atoms with van der Waals surface area (Å²) in [4.78, 5) is 11.1. The Balaban J connectivity index is 2.00. The summed E-state index contributed by atoms with van der Waals surface area (Å²) in [6.45, 7) is 0. The van der Waals surface area contributed by atoms with Gasteiger partial charge >= 0.3 is 5.97 Å². The number of hydrogen-bond donors (Lipinski definition) is 1. The first-order valence-electron chi connectivity index (χ1n) is 7.15. The second-order valence-corrected chi connectivity index (χ2v) is 5.38. The molecular weight excluding hydrogens is 254 g/mol. The number of ether oxygens (including phenoxy) is 2. The highest BCUT2D eigenvalue weighted by molar-refractivity contribution is 5.69. The molecule has 1 aromatic rings. The summed E-state index contributed by atoms with van der Waals surface area (Å²) in [6.07, 6.45) is 5.16. The largest absolute Gasteiger partial charge is 0.497 e. The number of aryl methyl sites for hydroxylation is 1. The van der Waals surface area contributed by atoms with Crippen molar-refractivity contribution in [3.63, 3.8) is 0 Å². The van der Waals surface area contributed by atoms with Gasteiger partial charge in [0.25, 0.3) is 0 Å². The molecule has 0 spiro atoms. The lowest BCUT2D eigenvalue weighted by Crippen LogP contribution is -2.19. The second kappa shape index (κ2) is 6.75. The van der Waals surface area contributed by atoms with Crippen LogP contribution < -0.4 is 10.5 Å². The molecule has 4 nitrogen and oxygen atoms in total. The number of fused-ring (bicyclic) bond motifs is 1. The maximum absolute atomic E-state index is 11.1. The van der Waals surface area contributed by atoms with E-state index in [1.807, 2.05) is 0 Å². The van der Waals surface area contributed by atoms with Crippen molar-refractivity contribution in [3.05, 3.63) is 28.8 Å². The number of methoxy groups -OCH3 is 2. The molecule has 0 heterocycles. The van der Waals surface area contributed by atoms with Crippen molar-refractivity contribution in [1.29, 1.82) is 0 Å². The first kappa shape index (κ1) is 14.9. The zero-order chi connectivity index (χ0) is 14.5. The standard InChI is InChI=1S/C16H23NO3/c1-19-14-8-11(5-3-4-6-16(18)20-2)15-10-13(17)7-12(15)9-14/h8-9,13H,3-7,10,17H2,1-2H3. The van der Waals surface area contributed by atoms with Gasteiger partial charge in [0.05, 0.1) is 14.2 Å². The molecule has 0 aromatic heterocycles. The SMILES string of the molecule is COC(=O)CCCCc1cc(OC)cc2c1CC(N)C2. The van der Waals surface area contributed by atoms with E-state index >= 15 is 0 Å². The van der Waals surface area contributed by atoms with Gasteiger partial charge in [-0.25, -0.2) is 0 Å². The zero-order valence-corrected chi connectivity index (χ0v) is 12.3. The van der Waals surface area contributed by atoms with E-state index in [1.54, 1.807) is 7.11 Å². The summed E-state index contributed by atoms with van der Waals surface area (Å²) >= 11 is 0. The number of hydrogen-bond acceptors (Lipinski definition) is 4. The molecule has 2 rings (SSSR count). The predicted molar refractivity (Wildman–Crippen MR) is 77.9 cm³/mol. The molecule has 1 atom stereocenters. The number of carbonyl (C=O) groups excluding carboxylic acids is 1. The van der Waals surface area contributed by atoms with Crippen LogP contribution in [-0.2, 0) is 28.8 Å². The highest BCUT2D eigenvalue weighted by Crippen LogP contribution is 2.30. The summed E-state index contributed by atoms with van der Waals surface area (Å²) in [7, 11) is 3.12. The average Bonchev–Trinajstić information content (AvgIpc) is 2.83. The van der Waals surface area contributed by atoms with Crippen LogP contribution in [-0.4, -0.2) is 26.2 Å². The van der Waals surface area contributed by atoms with E-state index in [1.165, 1.54) is 23.8 Å². The van der Waals surface area contributed by atoms with Crippen LogP contribution in [0.3, 0.4) is 0 Å². The summed E-state index contributed by atoms with van der Waals surface area (Å²) in [6, 6.07) is 4.43. The first-order chi connectivity index (χ1) is 9.63. The van der Waals surface area contributed by atoms with Gasteiger partial charge in [-0.15, -0.1) is 0 Å². The van der Waals surface area contributed by atoms with Crippen molar-refractivity contribution in [2.24, 2.45) is 5.73 Å². The molecule has 2 N–H and O–H groups in total. The highest BCUT2D eigenvalue weighted by Gasteiger charge is 2.22. The quantitative estimate of drug-likeness (QED) is 0.638. The number of unbranched alkanes of at least 4 members (excludes halogenated alkanes) is 1. The van der Waals surface area contributed by atoms with Crippen LogP contribution in [0.1, 0.15) is 36.0 Å². The lowest BCUT2D eigenvalue weighted by molar-refractivity contribution is -0.140. The fraction of sp³-hybridized carbons (Fsp3) is 0.562. The summed E-state index contributed by atoms with van der Waals surface area (Å²) in [5, 5.41) is 0. The van der Waals surface area contributed by atoms with Crippen molar-refractivity contribution in [2.45, 2.75) is 44.6 Å². The molecule has 1 aliphatic carbocycles. The van der Waals surface area contributed by atoms with Crippen LogP contribution in [0, 0.1) is 0 Å². The molecule has 4 heteroatoms. The maximum Gasteiger partial charge on any atom is 0.305 e. The van der Waals surface area contributed by atoms with E-state index in [2.05, 4.69) is 16.9 Å². The van der Waals surface area contributed by atoms with Gasteiger partial charge in [0.15, 0.2) is 0 Å². The van der Waals surface area contributed by atoms with Crippen LogP contribution in [0.15, 0.2) is 12.1 Å². The second-order valence-electron chi connectivity index (χ2n) is 5.38. The smallest absolute Gasteiger partial charge is 0.305 e. The molecule has 0 radical (unpaired) electrons. The number of benzene rings is 1. The summed E-state index contributed by atoms with van der Waals surface area (Å²) in [5.41, 5.74) is 10.1. The third kappa shape index (κ3) is 3.51.